The lowest BCUT2D eigenvalue weighted by Crippen LogP contribution is -2.34. The summed E-state index contributed by atoms with van der Waals surface area (Å²) >= 11 is 0. The summed E-state index contributed by atoms with van der Waals surface area (Å²) in [7, 11) is 1.55. The van der Waals surface area contributed by atoms with Gasteiger partial charge in [-0.1, -0.05) is 11.2 Å². The number of methoxy groups -OCH3 is 1. The van der Waals surface area contributed by atoms with E-state index in [0.717, 1.165) is 18.6 Å². The zero-order chi connectivity index (χ0) is 14.5. The molecule has 1 aromatic carbocycles. The number of rotatable bonds is 5. The number of nitrogens with zero attached hydrogens (tertiary/aromatic N) is 1. The van der Waals surface area contributed by atoms with Gasteiger partial charge in [0.15, 0.2) is 5.84 Å². The zero-order valence-corrected chi connectivity index (χ0v) is 11.8. The fraction of sp³-hybridized carbons (Fsp3) is 0.500. The third-order valence-electron chi connectivity index (χ3n) is 3.59. The molecular formula is C14H21N3O3. The first-order valence-electron chi connectivity index (χ1n) is 6.65. The molecule has 1 aliphatic rings. The molecule has 2 atom stereocenters. The highest BCUT2D eigenvalue weighted by Crippen LogP contribution is 2.20. The Labute approximate surface area is 118 Å². The predicted molar refractivity (Wildman–Crippen MR) is 76.2 cm³/mol. The van der Waals surface area contributed by atoms with Crippen molar-refractivity contribution < 1.29 is 14.7 Å². The van der Waals surface area contributed by atoms with Crippen LogP contribution in [0.25, 0.3) is 0 Å². The van der Waals surface area contributed by atoms with Crippen LogP contribution in [0.2, 0.25) is 0 Å². The molecule has 110 valence electrons. The Balaban J connectivity index is 2.08. The Kier molecular flexibility index (Phi) is 4.81. The number of nitrogens with two attached hydrogens (primary N) is 1. The van der Waals surface area contributed by atoms with Crippen molar-refractivity contribution in [3.63, 3.8) is 0 Å². The first kappa shape index (κ1) is 14.6. The molecule has 0 saturated carbocycles. The molecule has 1 saturated heterocycles. The second-order valence-corrected chi connectivity index (χ2v) is 4.87. The molecule has 1 fully saturated rings. The van der Waals surface area contributed by atoms with E-state index >= 15 is 0 Å². The number of ether oxygens (including phenoxy) is 2. The van der Waals surface area contributed by atoms with Gasteiger partial charge in [0.1, 0.15) is 5.75 Å². The van der Waals surface area contributed by atoms with E-state index < -0.39 is 0 Å². The van der Waals surface area contributed by atoms with Crippen LogP contribution in [0.3, 0.4) is 0 Å². The second kappa shape index (κ2) is 6.58. The quantitative estimate of drug-likeness (QED) is 0.324. The van der Waals surface area contributed by atoms with Gasteiger partial charge >= 0.3 is 0 Å². The van der Waals surface area contributed by atoms with E-state index in [9.17, 15) is 0 Å². The topological polar surface area (TPSA) is 89.1 Å². The number of amidine groups is 1. The van der Waals surface area contributed by atoms with Gasteiger partial charge in [0.05, 0.1) is 18.8 Å². The van der Waals surface area contributed by atoms with Crippen LogP contribution in [-0.4, -0.2) is 36.9 Å². The lowest BCUT2D eigenvalue weighted by Gasteiger charge is -2.16. The summed E-state index contributed by atoms with van der Waals surface area (Å²) < 4.78 is 10.7. The highest BCUT2D eigenvalue weighted by atomic mass is 16.5. The maximum absolute atomic E-state index is 8.81. The first-order chi connectivity index (χ1) is 9.65. The smallest absolute Gasteiger partial charge is 0.173 e. The number of benzene rings is 1. The van der Waals surface area contributed by atoms with Crippen LogP contribution in [0.1, 0.15) is 24.5 Å². The number of nitrogens with one attached hydrogen (secondary N) is 1. The minimum absolute atomic E-state index is 0.0428. The normalized spacial score (nSPS) is 23.0. The summed E-state index contributed by atoms with van der Waals surface area (Å²) in [5.74, 6) is 0.628. The first-order valence-corrected chi connectivity index (χ1v) is 6.65. The lowest BCUT2D eigenvalue weighted by atomic mass is 10.1. The third-order valence-corrected chi connectivity index (χ3v) is 3.59. The highest BCUT2D eigenvalue weighted by Gasteiger charge is 2.23. The SMILES string of the molecule is COc1ccc(CNC2CCOC2C)cc1/C(N)=N/O. The summed E-state index contributed by atoms with van der Waals surface area (Å²) in [5, 5.41) is 15.3. The van der Waals surface area contributed by atoms with Crippen LogP contribution in [0.5, 0.6) is 5.75 Å². The summed E-state index contributed by atoms with van der Waals surface area (Å²) in [6, 6.07) is 6.00. The lowest BCUT2D eigenvalue weighted by molar-refractivity contribution is 0.113. The summed E-state index contributed by atoms with van der Waals surface area (Å²) in [6.45, 7) is 3.57. The molecule has 0 spiro atoms. The minimum Gasteiger partial charge on any atom is -0.496 e. The standard InChI is InChI=1S/C14H21N3O3/c1-9-12(5-6-20-9)16-8-10-3-4-13(19-2)11(7-10)14(15)17-18/h3-4,7,9,12,16,18H,5-6,8H2,1-2H3,(H2,15,17). The van der Waals surface area contributed by atoms with Crippen LogP contribution in [0.4, 0.5) is 0 Å². The average molecular weight is 279 g/mol. The van der Waals surface area contributed by atoms with Crippen LogP contribution in [0.15, 0.2) is 23.4 Å². The minimum atomic E-state index is 0.0428. The molecule has 6 nitrogen and oxygen atoms in total. The molecule has 0 aromatic heterocycles. The van der Waals surface area contributed by atoms with Gasteiger partial charge in [0.2, 0.25) is 0 Å². The van der Waals surface area contributed by atoms with E-state index in [-0.39, 0.29) is 11.9 Å². The fourth-order valence-electron chi connectivity index (χ4n) is 2.37. The predicted octanol–water partition coefficient (Wildman–Crippen LogP) is 1.06. The monoisotopic (exact) mass is 279 g/mol. The van der Waals surface area contributed by atoms with Crippen molar-refractivity contribution in [3.8, 4) is 5.75 Å². The molecule has 1 heterocycles. The van der Waals surface area contributed by atoms with Crippen LogP contribution >= 0.6 is 0 Å². The molecule has 4 N–H and O–H groups in total. The van der Waals surface area contributed by atoms with Gasteiger partial charge < -0.3 is 25.7 Å². The van der Waals surface area contributed by atoms with E-state index in [1.807, 2.05) is 18.2 Å². The molecule has 0 bridgehead atoms. The Morgan fingerprint density at radius 3 is 3.00 bits per heavy atom. The van der Waals surface area contributed by atoms with Crippen molar-refractivity contribution in [2.24, 2.45) is 10.9 Å². The van der Waals surface area contributed by atoms with Gasteiger partial charge in [-0.2, -0.15) is 0 Å². The van der Waals surface area contributed by atoms with Crippen molar-refractivity contribution in [1.82, 2.24) is 5.32 Å². The van der Waals surface area contributed by atoms with Gasteiger partial charge in [-0.25, -0.2) is 0 Å². The van der Waals surface area contributed by atoms with Crippen LogP contribution < -0.4 is 15.8 Å². The molecule has 2 rings (SSSR count). The summed E-state index contributed by atoms with van der Waals surface area (Å²) in [6.07, 6.45) is 1.25. The Bertz CT molecular complexity index is 491. The van der Waals surface area contributed by atoms with Crippen molar-refractivity contribution in [1.29, 1.82) is 0 Å². The molecule has 20 heavy (non-hydrogen) atoms. The maximum atomic E-state index is 8.81. The molecule has 6 heteroatoms. The van der Waals surface area contributed by atoms with E-state index in [0.29, 0.717) is 23.9 Å². The zero-order valence-electron chi connectivity index (χ0n) is 11.8. The van der Waals surface area contributed by atoms with E-state index in [1.54, 1.807) is 7.11 Å². The fourth-order valence-corrected chi connectivity index (χ4v) is 2.37. The van der Waals surface area contributed by atoms with Gasteiger partial charge in [0.25, 0.3) is 0 Å². The molecular weight excluding hydrogens is 258 g/mol. The third kappa shape index (κ3) is 3.20. The van der Waals surface area contributed by atoms with Crippen LogP contribution in [-0.2, 0) is 11.3 Å². The number of oxime groups is 1. The van der Waals surface area contributed by atoms with Crippen molar-refractivity contribution >= 4 is 5.84 Å². The largest absolute Gasteiger partial charge is 0.496 e. The van der Waals surface area contributed by atoms with Crippen molar-refractivity contribution in [2.45, 2.75) is 32.0 Å². The second-order valence-electron chi connectivity index (χ2n) is 4.87. The van der Waals surface area contributed by atoms with E-state index in [1.165, 1.54) is 0 Å². The van der Waals surface area contributed by atoms with Gasteiger partial charge in [-0.05, 0) is 31.0 Å². The summed E-state index contributed by atoms with van der Waals surface area (Å²) in [5.41, 5.74) is 7.30. The average Bonchev–Trinajstić information content (AvgIpc) is 2.89. The molecule has 1 aliphatic heterocycles. The highest BCUT2D eigenvalue weighted by molar-refractivity contribution is 5.99. The van der Waals surface area contributed by atoms with Crippen molar-refractivity contribution in [3.05, 3.63) is 29.3 Å². The summed E-state index contributed by atoms with van der Waals surface area (Å²) in [4.78, 5) is 0. The Morgan fingerprint density at radius 2 is 2.40 bits per heavy atom. The molecule has 0 radical (unpaired) electrons. The van der Waals surface area contributed by atoms with E-state index in [2.05, 4.69) is 17.4 Å². The maximum Gasteiger partial charge on any atom is 0.173 e. The number of hydrogen-bond donors (Lipinski definition) is 3. The molecule has 2 unspecified atom stereocenters. The molecule has 1 aromatic rings. The molecule has 0 amide bonds. The van der Waals surface area contributed by atoms with Crippen molar-refractivity contribution in [2.75, 3.05) is 13.7 Å². The Hall–Kier alpha value is -1.79. The Morgan fingerprint density at radius 1 is 1.60 bits per heavy atom. The van der Waals surface area contributed by atoms with Crippen LogP contribution in [0, 0.1) is 0 Å². The van der Waals surface area contributed by atoms with Gasteiger partial charge in [-0.3, -0.25) is 0 Å². The number of hydrogen-bond acceptors (Lipinski definition) is 5. The van der Waals surface area contributed by atoms with E-state index in [4.69, 9.17) is 20.4 Å². The van der Waals surface area contributed by atoms with Gasteiger partial charge in [-0.15, -0.1) is 0 Å². The molecule has 0 aliphatic carbocycles. The van der Waals surface area contributed by atoms with Gasteiger partial charge in [0, 0.05) is 19.2 Å².